The molecule has 0 radical (unpaired) electrons. The Morgan fingerprint density at radius 3 is 2.47 bits per heavy atom. The first-order chi connectivity index (χ1) is 7.18. The Labute approximate surface area is 92.4 Å². The second kappa shape index (κ2) is 3.87. The van der Waals surface area contributed by atoms with Crippen LogP contribution in [0, 0.1) is 6.92 Å². The van der Waals surface area contributed by atoms with Gasteiger partial charge in [-0.3, -0.25) is 4.79 Å². The van der Waals surface area contributed by atoms with Crippen molar-refractivity contribution in [2.45, 2.75) is 6.92 Å². The van der Waals surface area contributed by atoms with E-state index >= 15 is 0 Å². The van der Waals surface area contributed by atoms with Crippen LogP contribution >= 0.6 is 11.3 Å². The third-order valence-corrected chi connectivity index (χ3v) is 3.31. The molecule has 2 N–H and O–H groups in total. The summed E-state index contributed by atoms with van der Waals surface area (Å²) in [6.07, 6.45) is 0. The van der Waals surface area contributed by atoms with Gasteiger partial charge >= 0.3 is 0 Å². The number of aryl methyl sites for hydroxylation is 1. The van der Waals surface area contributed by atoms with E-state index in [9.17, 15) is 4.79 Å². The number of carbonyl (C=O) groups excluding carboxylic acids is 1. The largest absolute Gasteiger partial charge is 0.365 e. The summed E-state index contributed by atoms with van der Waals surface area (Å²) in [6, 6.07) is 11.9. The lowest BCUT2D eigenvalue weighted by atomic mass is 10.1. The summed E-state index contributed by atoms with van der Waals surface area (Å²) in [5.74, 6) is -0.356. The van der Waals surface area contributed by atoms with Crippen LogP contribution < -0.4 is 5.73 Å². The van der Waals surface area contributed by atoms with Crippen molar-refractivity contribution in [2.24, 2.45) is 5.73 Å². The van der Waals surface area contributed by atoms with Gasteiger partial charge in [0.15, 0.2) is 0 Å². The molecule has 3 heteroatoms. The Morgan fingerprint density at radius 1 is 1.27 bits per heavy atom. The molecular weight excluding hydrogens is 206 g/mol. The van der Waals surface area contributed by atoms with Crippen LogP contribution in [0.2, 0.25) is 0 Å². The van der Waals surface area contributed by atoms with Crippen molar-refractivity contribution in [3.05, 3.63) is 46.2 Å². The van der Waals surface area contributed by atoms with Crippen LogP contribution in [0.1, 0.15) is 14.5 Å². The average Bonchev–Trinajstić information content (AvgIpc) is 2.62. The van der Waals surface area contributed by atoms with Crippen LogP contribution in [0.15, 0.2) is 36.4 Å². The lowest BCUT2D eigenvalue weighted by molar-refractivity contribution is 0.100. The summed E-state index contributed by atoms with van der Waals surface area (Å²) in [6.45, 7) is 2.00. The highest BCUT2D eigenvalue weighted by atomic mass is 32.1. The van der Waals surface area contributed by atoms with Crippen molar-refractivity contribution in [2.75, 3.05) is 0 Å². The molecule has 0 saturated carbocycles. The van der Waals surface area contributed by atoms with Gasteiger partial charge in [-0.2, -0.15) is 0 Å². The second-order valence-corrected chi connectivity index (χ2v) is 4.57. The number of benzene rings is 1. The Hall–Kier alpha value is -1.61. The molecule has 15 heavy (non-hydrogen) atoms. The maximum atomic E-state index is 11.0. The number of thiophene rings is 1. The number of hydrogen-bond acceptors (Lipinski definition) is 2. The SMILES string of the molecule is Cc1sc(C(N)=O)cc1-c1ccccc1. The lowest BCUT2D eigenvalue weighted by Crippen LogP contribution is -2.08. The van der Waals surface area contributed by atoms with Crippen molar-refractivity contribution in [3.63, 3.8) is 0 Å². The van der Waals surface area contributed by atoms with Gasteiger partial charge in [-0.15, -0.1) is 11.3 Å². The fourth-order valence-corrected chi connectivity index (χ4v) is 2.40. The van der Waals surface area contributed by atoms with Crippen molar-refractivity contribution in [3.8, 4) is 11.1 Å². The highest BCUT2D eigenvalue weighted by molar-refractivity contribution is 7.14. The summed E-state index contributed by atoms with van der Waals surface area (Å²) in [5, 5.41) is 0. The van der Waals surface area contributed by atoms with E-state index in [0.29, 0.717) is 4.88 Å². The van der Waals surface area contributed by atoms with Crippen molar-refractivity contribution in [1.29, 1.82) is 0 Å². The van der Waals surface area contributed by atoms with E-state index in [-0.39, 0.29) is 5.91 Å². The van der Waals surface area contributed by atoms with Crippen molar-refractivity contribution in [1.82, 2.24) is 0 Å². The fourth-order valence-electron chi connectivity index (χ4n) is 1.51. The minimum absolute atomic E-state index is 0.356. The highest BCUT2D eigenvalue weighted by Crippen LogP contribution is 2.30. The Kier molecular flexibility index (Phi) is 2.56. The van der Waals surface area contributed by atoms with E-state index in [1.165, 1.54) is 11.3 Å². The Bertz CT molecular complexity index is 488. The fraction of sp³-hybridized carbons (Fsp3) is 0.0833. The molecule has 2 rings (SSSR count). The van der Waals surface area contributed by atoms with Gasteiger partial charge in [-0.25, -0.2) is 0 Å². The lowest BCUT2D eigenvalue weighted by Gasteiger charge is -1.97. The predicted molar refractivity (Wildman–Crippen MR) is 63.0 cm³/mol. The standard InChI is InChI=1S/C12H11NOS/c1-8-10(7-11(15-8)12(13)14)9-5-3-2-4-6-9/h2-7H,1H3,(H2,13,14). The smallest absolute Gasteiger partial charge is 0.258 e. The van der Waals surface area contributed by atoms with E-state index in [1.54, 1.807) is 0 Å². The minimum Gasteiger partial charge on any atom is -0.365 e. The molecule has 0 fully saturated rings. The molecule has 0 aliphatic rings. The minimum atomic E-state index is -0.356. The summed E-state index contributed by atoms with van der Waals surface area (Å²) in [7, 11) is 0. The Balaban J connectivity index is 2.50. The normalized spacial score (nSPS) is 10.2. The van der Waals surface area contributed by atoms with Gasteiger partial charge in [-0.05, 0) is 24.1 Å². The van der Waals surface area contributed by atoms with Gasteiger partial charge in [0.2, 0.25) is 0 Å². The highest BCUT2D eigenvalue weighted by Gasteiger charge is 2.10. The molecule has 1 aromatic carbocycles. The second-order valence-electron chi connectivity index (χ2n) is 3.31. The summed E-state index contributed by atoms with van der Waals surface area (Å²) < 4.78 is 0. The van der Waals surface area contributed by atoms with Crippen LogP contribution in [0.5, 0.6) is 0 Å². The third-order valence-electron chi connectivity index (χ3n) is 2.25. The number of nitrogens with two attached hydrogens (primary N) is 1. The number of rotatable bonds is 2. The number of hydrogen-bond donors (Lipinski definition) is 1. The van der Waals surface area contributed by atoms with Gasteiger partial charge in [0.1, 0.15) is 0 Å². The van der Waals surface area contributed by atoms with Gasteiger partial charge in [0, 0.05) is 4.88 Å². The molecule has 0 saturated heterocycles. The van der Waals surface area contributed by atoms with Crippen LogP contribution in [0.4, 0.5) is 0 Å². The molecular formula is C12H11NOS. The van der Waals surface area contributed by atoms with E-state index in [1.807, 2.05) is 43.3 Å². The molecule has 0 bridgehead atoms. The van der Waals surface area contributed by atoms with Crippen molar-refractivity contribution < 1.29 is 4.79 Å². The first-order valence-corrected chi connectivity index (χ1v) is 5.46. The van der Waals surface area contributed by atoms with Gasteiger partial charge < -0.3 is 5.73 Å². The van der Waals surface area contributed by atoms with Crippen LogP contribution in [0.3, 0.4) is 0 Å². The summed E-state index contributed by atoms with van der Waals surface area (Å²) in [4.78, 5) is 12.8. The molecule has 76 valence electrons. The predicted octanol–water partition coefficient (Wildman–Crippen LogP) is 2.82. The molecule has 0 atom stereocenters. The van der Waals surface area contributed by atoms with Gasteiger partial charge in [0.25, 0.3) is 5.91 Å². The quantitative estimate of drug-likeness (QED) is 0.825. The first-order valence-electron chi connectivity index (χ1n) is 4.64. The zero-order valence-corrected chi connectivity index (χ0v) is 9.17. The van der Waals surface area contributed by atoms with Crippen molar-refractivity contribution >= 4 is 17.2 Å². The number of carbonyl (C=O) groups is 1. The average molecular weight is 217 g/mol. The molecule has 1 heterocycles. The number of primary amides is 1. The van der Waals surface area contributed by atoms with Crippen LogP contribution in [0.25, 0.3) is 11.1 Å². The monoisotopic (exact) mass is 217 g/mol. The summed E-state index contributed by atoms with van der Waals surface area (Å²) in [5.41, 5.74) is 7.46. The van der Waals surface area contributed by atoms with Crippen LogP contribution in [-0.4, -0.2) is 5.91 Å². The van der Waals surface area contributed by atoms with E-state index in [4.69, 9.17) is 5.73 Å². The molecule has 0 aliphatic carbocycles. The van der Waals surface area contributed by atoms with Crippen LogP contribution in [-0.2, 0) is 0 Å². The zero-order valence-electron chi connectivity index (χ0n) is 8.36. The topological polar surface area (TPSA) is 43.1 Å². The molecule has 0 spiro atoms. The number of amides is 1. The summed E-state index contributed by atoms with van der Waals surface area (Å²) >= 11 is 1.44. The Morgan fingerprint density at radius 2 is 1.93 bits per heavy atom. The zero-order chi connectivity index (χ0) is 10.8. The molecule has 2 nitrogen and oxygen atoms in total. The molecule has 2 aromatic rings. The van der Waals surface area contributed by atoms with E-state index in [2.05, 4.69) is 0 Å². The molecule has 1 amide bonds. The third kappa shape index (κ3) is 1.92. The molecule has 1 aromatic heterocycles. The first kappa shape index (κ1) is 9.93. The maximum Gasteiger partial charge on any atom is 0.258 e. The van der Waals surface area contributed by atoms with Gasteiger partial charge in [0.05, 0.1) is 4.88 Å². The van der Waals surface area contributed by atoms with E-state index < -0.39 is 0 Å². The maximum absolute atomic E-state index is 11.0. The molecule has 0 unspecified atom stereocenters. The van der Waals surface area contributed by atoms with E-state index in [0.717, 1.165) is 16.0 Å². The molecule has 0 aliphatic heterocycles. The van der Waals surface area contributed by atoms with Gasteiger partial charge in [-0.1, -0.05) is 30.3 Å².